The number of carbonyl (C=O) groups is 1. The van der Waals surface area contributed by atoms with Gasteiger partial charge >= 0.3 is 6.01 Å². The number of benzene rings is 2. The second kappa shape index (κ2) is 11.9. The molecule has 3 aliphatic rings. The lowest BCUT2D eigenvalue weighted by Crippen LogP contribution is -2.48. The Kier molecular flexibility index (Phi) is 7.22. The molecule has 2 aromatic heterocycles. The molecule has 3 saturated heterocycles. The van der Waals surface area contributed by atoms with Crippen molar-refractivity contribution in [1.82, 2.24) is 24.8 Å². The number of rotatable bonds is 6. The summed E-state index contributed by atoms with van der Waals surface area (Å²) >= 11 is 0. The number of alkyl halides is 1. The monoisotopic (exact) mass is 646 g/mol. The molecule has 0 radical (unpaired) electrons. The quantitative estimate of drug-likeness (QED) is 0.286. The number of nitrogens with zero attached hydrogens (tertiary/aromatic N) is 6. The smallest absolute Gasteiger partial charge is 0.319 e. The van der Waals surface area contributed by atoms with E-state index < -0.39 is 35.9 Å². The predicted octanol–water partition coefficient (Wildman–Crippen LogP) is 5.21. The summed E-state index contributed by atoms with van der Waals surface area (Å²) in [6, 6.07) is 4.58. The van der Waals surface area contributed by atoms with Gasteiger partial charge in [0.2, 0.25) is 5.91 Å². The second-order valence-electron chi connectivity index (χ2n) is 12.6. The van der Waals surface area contributed by atoms with Crippen LogP contribution in [-0.2, 0) is 4.79 Å². The van der Waals surface area contributed by atoms with Gasteiger partial charge < -0.3 is 19.6 Å². The zero-order valence-corrected chi connectivity index (χ0v) is 26.1. The van der Waals surface area contributed by atoms with Crippen LogP contribution in [0, 0.1) is 24.0 Å². The maximum atomic E-state index is 16.9. The largest absolute Gasteiger partial charge is 0.508 e. The van der Waals surface area contributed by atoms with Gasteiger partial charge in [-0.15, -0.1) is 6.42 Å². The Morgan fingerprint density at radius 1 is 1.26 bits per heavy atom. The van der Waals surface area contributed by atoms with Crippen LogP contribution in [0.2, 0.25) is 0 Å². The van der Waals surface area contributed by atoms with Gasteiger partial charge in [-0.05, 0) is 55.8 Å². The third kappa shape index (κ3) is 5.36. The molecule has 1 amide bonds. The molecule has 2 aromatic carbocycles. The molecular weight excluding hydrogens is 609 g/mol. The molecule has 47 heavy (non-hydrogen) atoms. The molecule has 1 N–H and O–H groups in total. The van der Waals surface area contributed by atoms with E-state index in [1.807, 2.05) is 4.90 Å². The molecule has 3 fully saturated rings. The number of aromatic nitrogens is 3. The van der Waals surface area contributed by atoms with E-state index in [2.05, 4.69) is 20.9 Å². The van der Waals surface area contributed by atoms with Crippen LogP contribution in [0.1, 0.15) is 47.3 Å². The molecule has 0 bridgehead atoms. The number of piperidine rings is 1. The van der Waals surface area contributed by atoms with E-state index in [-0.39, 0.29) is 69.6 Å². The maximum Gasteiger partial charge on any atom is 0.319 e. The highest BCUT2D eigenvalue weighted by Crippen LogP contribution is 2.42. The summed E-state index contributed by atoms with van der Waals surface area (Å²) in [5, 5.41) is 11.3. The lowest BCUT2D eigenvalue weighted by atomic mass is 9.95. The van der Waals surface area contributed by atoms with Crippen molar-refractivity contribution in [2.24, 2.45) is 0 Å². The fraction of sp³-hybridized carbons (Fsp3) is 0.429. The van der Waals surface area contributed by atoms with Gasteiger partial charge in [-0.2, -0.15) is 9.97 Å². The number of phenols is 1. The number of aromatic hydroxyl groups is 1. The standard InChI is InChI=1S/C35H35F3N6O3/c1-4-25-28(37)9-8-21-13-24(46)14-26(29(21)25)31-30(38)32-27(16-39-31)33(43-11-5-7-23(18-43)42(3)20(2)45)41-34(40-32)47-19-35-10-6-12-44(35)17-22(36)15-35/h1,8-9,13-14,16,22-23,46H,5-7,10-12,15,17-19H2,2-3H3/t22-,23-,35+/m1/s1/i19D2. The minimum Gasteiger partial charge on any atom is -0.508 e. The number of terminal acetylenes is 1. The fourth-order valence-electron chi connectivity index (χ4n) is 7.37. The van der Waals surface area contributed by atoms with E-state index in [1.54, 1.807) is 16.8 Å². The molecular formula is C35H35F3N6O3. The summed E-state index contributed by atoms with van der Waals surface area (Å²) in [6.45, 7) is 0.490. The van der Waals surface area contributed by atoms with Crippen LogP contribution in [-0.4, -0.2) is 93.3 Å². The van der Waals surface area contributed by atoms with Crippen molar-refractivity contribution < 1.29 is 30.6 Å². The average Bonchev–Trinajstić information content (AvgIpc) is 3.62. The Hall–Kier alpha value is -4.63. The number of carbonyl (C=O) groups excluding carboxylic acids is 1. The number of amides is 1. The van der Waals surface area contributed by atoms with Gasteiger partial charge in [0.15, 0.2) is 5.82 Å². The highest BCUT2D eigenvalue weighted by atomic mass is 19.1. The molecule has 12 heteroatoms. The summed E-state index contributed by atoms with van der Waals surface area (Å²) in [7, 11) is 1.71. The first-order chi connectivity index (χ1) is 23.3. The van der Waals surface area contributed by atoms with Gasteiger partial charge in [-0.1, -0.05) is 12.0 Å². The highest BCUT2D eigenvalue weighted by molar-refractivity contribution is 6.03. The van der Waals surface area contributed by atoms with Crippen LogP contribution in [0.4, 0.5) is 19.0 Å². The molecule has 5 heterocycles. The lowest BCUT2D eigenvalue weighted by Gasteiger charge is -2.38. The summed E-state index contributed by atoms with van der Waals surface area (Å²) in [6.07, 6.45) is 8.20. The summed E-state index contributed by atoms with van der Waals surface area (Å²) in [4.78, 5) is 30.9. The normalized spacial score (nSPS) is 23.8. The van der Waals surface area contributed by atoms with E-state index in [9.17, 15) is 18.7 Å². The Morgan fingerprint density at radius 3 is 2.87 bits per heavy atom. The van der Waals surface area contributed by atoms with Gasteiger partial charge in [-0.3, -0.25) is 14.7 Å². The van der Waals surface area contributed by atoms with Crippen molar-refractivity contribution in [2.45, 2.75) is 56.8 Å². The third-order valence-corrected chi connectivity index (χ3v) is 9.77. The second-order valence-corrected chi connectivity index (χ2v) is 12.6. The number of hydrogen-bond acceptors (Lipinski definition) is 8. The summed E-state index contributed by atoms with van der Waals surface area (Å²) in [5.41, 5.74) is -1.89. The topological polar surface area (TPSA) is 94.9 Å². The van der Waals surface area contributed by atoms with Gasteiger partial charge in [0.1, 0.15) is 41.3 Å². The molecule has 0 unspecified atom stereocenters. The van der Waals surface area contributed by atoms with Gasteiger partial charge in [-0.25, -0.2) is 13.2 Å². The molecule has 0 saturated carbocycles. The molecule has 4 aromatic rings. The first kappa shape index (κ1) is 28.6. The minimum atomic E-state index is -2.44. The number of pyridine rings is 1. The van der Waals surface area contributed by atoms with Crippen molar-refractivity contribution in [3.05, 3.63) is 47.7 Å². The van der Waals surface area contributed by atoms with Crippen LogP contribution in [0.25, 0.3) is 32.9 Å². The van der Waals surface area contributed by atoms with E-state index in [0.29, 0.717) is 44.3 Å². The van der Waals surface area contributed by atoms with Crippen molar-refractivity contribution >= 4 is 33.4 Å². The van der Waals surface area contributed by atoms with Gasteiger partial charge in [0.05, 0.1) is 19.2 Å². The van der Waals surface area contributed by atoms with E-state index in [1.165, 1.54) is 31.3 Å². The van der Waals surface area contributed by atoms with Crippen LogP contribution < -0.4 is 9.64 Å². The highest BCUT2D eigenvalue weighted by Gasteiger charge is 2.49. The summed E-state index contributed by atoms with van der Waals surface area (Å²) < 4.78 is 70.5. The molecule has 9 nitrogen and oxygen atoms in total. The minimum absolute atomic E-state index is 0.0290. The predicted molar refractivity (Wildman–Crippen MR) is 172 cm³/mol. The number of anilines is 1. The molecule has 244 valence electrons. The van der Waals surface area contributed by atoms with Crippen LogP contribution >= 0.6 is 0 Å². The number of ether oxygens (including phenoxy) is 1. The van der Waals surface area contributed by atoms with Gasteiger partial charge in [0, 0.05) is 63.2 Å². The number of phenolic OH excluding ortho intramolecular Hbond substituents is 1. The van der Waals surface area contributed by atoms with E-state index in [4.69, 9.17) is 13.9 Å². The van der Waals surface area contributed by atoms with Crippen molar-refractivity contribution in [2.75, 3.05) is 44.7 Å². The van der Waals surface area contributed by atoms with Crippen LogP contribution in [0.15, 0.2) is 30.5 Å². The van der Waals surface area contributed by atoms with Crippen molar-refractivity contribution in [3.63, 3.8) is 0 Å². The van der Waals surface area contributed by atoms with Crippen molar-refractivity contribution in [1.29, 1.82) is 0 Å². The number of halogens is 3. The average molecular weight is 647 g/mol. The third-order valence-electron chi connectivity index (χ3n) is 9.77. The van der Waals surface area contributed by atoms with Crippen LogP contribution in [0.3, 0.4) is 0 Å². The van der Waals surface area contributed by atoms with Crippen LogP contribution in [0.5, 0.6) is 11.8 Å². The Morgan fingerprint density at radius 2 is 2.09 bits per heavy atom. The Bertz CT molecular complexity index is 2040. The number of likely N-dealkylation sites (N-methyl/N-ethyl adjacent to an activating group) is 1. The molecule has 7 rings (SSSR count). The van der Waals surface area contributed by atoms with E-state index in [0.717, 1.165) is 12.5 Å². The first-order valence-electron chi connectivity index (χ1n) is 16.7. The Balaban J connectivity index is 1.41. The molecule has 0 aliphatic carbocycles. The first-order valence-corrected chi connectivity index (χ1v) is 15.7. The zero-order chi connectivity index (χ0) is 34.8. The lowest BCUT2D eigenvalue weighted by molar-refractivity contribution is -0.129. The van der Waals surface area contributed by atoms with Crippen molar-refractivity contribution in [3.8, 4) is 35.4 Å². The summed E-state index contributed by atoms with van der Waals surface area (Å²) in [5.74, 6) is 0.548. The Labute approximate surface area is 273 Å². The number of hydrogen-bond donors (Lipinski definition) is 1. The number of fused-ring (bicyclic) bond motifs is 3. The molecule has 3 atom stereocenters. The van der Waals surface area contributed by atoms with Gasteiger partial charge in [0.25, 0.3) is 0 Å². The SMILES string of the molecule is [2H]C([2H])(Oc1nc(N2CCC[C@@H](N(C)C(C)=O)C2)c2cnc(-c3cc(O)cc4ccc(F)c(C#C)c34)c(F)c2n1)[C@@]12CCCN1C[C@H](F)C2. The zero-order valence-electron chi connectivity index (χ0n) is 28.1. The maximum absolute atomic E-state index is 16.9. The molecule has 3 aliphatic heterocycles. The van der Waals surface area contributed by atoms with E-state index >= 15 is 4.39 Å². The fourth-order valence-corrected chi connectivity index (χ4v) is 7.37. The molecule has 0 spiro atoms.